The molecule has 17 heavy (non-hydrogen) atoms. The van der Waals surface area contributed by atoms with Gasteiger partial charge in [0.1, 0.15) is 6.04 Å². The van der Waals surface area contributed by atoms with Crippen LogP contribution in [-0.2, 0) is 9.59 Å². The quantitative estimate of drug-likeness (QED) is 0.774. The van der Waals surface area contributed by atoms with Gasteiger partial charge in [0.05, 0.1) is 6.54 Å². The summed E-state index contributed by atoms with van der Waals surface area (Å²) in [6.45, 7) is 6.54. The van der Waals surface area contributed by atoms with Gasteiger partial charge in [-0.2, -0.15) is 0 Å². The molecule has 0 aromatic carbocycles. The number of hydrogen-bond acceptors (Lipinski definition) is 3. The van der Waals surface area contributed by atoms with Crippen molar-refractivity contribution in [3.8, 4) is 0 Å². The molecule has 98 valence electrons. The number of rotatable bonds is 5. The number of aliphatic carboxylic acids is 1. The monoisotopic (exact) mass is 242 g/mol. The topological polar surface area (TPSA) is 60.9 Å². The van der Waals surface area contributed by atoms with Crippen LogP contribution in [0.4, 0.5) is 0 Å². The molecule has 1 aliphatic heterocycles. The highest BCUT2D eigenvalue weighted by molar-refractivity contribution is 5.85. The van der Waals surface area contributed by atoms with Crippen molar-refractivity contribution in [1.29, 1.82) is 0 Å². The van der Waals surface area contributed by atoms with E-state index in [9.17, 15) is 9.59 Å². The molecule has 1 fully saturated rings. The van der Waals surface area contributed by atoms with Crippen molar-refractivity contribution in [2.45, 2.75) is 39.2 Å². The highest BCUT2D eigenvalue weighted by Gasteiger charge is 2.31. The Morgan fingerprint density at radius 2 is 1.94 bits per heavy atom. The highest BCUT2D eigenvalue weighted by Crippen LogP contribution is 2.17. The van der Waals surface area contributed by atoms with Crippen LogP contribution in [0.1, 0.15) is 33.1 Å². The molecule has 0 aromatic rings. The fourth-order valence-corrected chi connectivity index (χ4v) is 2.22. The molecule has 1 N–H and O–H groups in total. The van der Waals surface area contributed by atoms with Gasteiger partial charge in [0.15, 0.2) is 0 Å². The second kappa shape index (κ2) is 6.59. The Labute approximate surface area is 102 Å². The van der Waals surface area contributed by atoms with E-state index in [1.165, 1.54) is 4.90 Å². The summed E-state index contributed by atoms with van der Waals surface area (Å²) in [6.07, 6.45) is 2.39. The number of hydrogen-bond donors (Lipinski definition) is 1. The van der Waals surface area contributed by atoms with Crippen LogP contribution in [0.15, 0.2) is 0 Å². The zero-order valence-corrected chi connectivity index (χ0v) is 10.7. The lowest BCUT2D eigenvalue weighted by Gasteiger charge is -2.34. The average molecular weight is 242 g/mol. The van der Waals surface area contributed by atoms with Crippen LogP contribution >= 0.6 is 0 Å². The summed E-state index contributed by atoms with van der Waals surface area (Å²) in [5.41, 5.74) is 0. The number of carbonyl (C=O) groups is 2. The minimum absolute atomic E-state index is 0.0548. The Morgan fingerprint density at radius 3 is 2.47 bits per heavy atom. The van der Waals surface area contributed by atoms with Crippen LogP contribution < -0.4 is 0 Å². The SMILES string of the molecule is CCN(CC)CC(=O)N1CCCCC1C(=O)O. The first-order valence-corrected chi connectivity index (χ1v) is 6.34. The molecule has 1 heterocycles. The average Bonchev–Trinajstić information content (AvgIpc) is 2.35. The van der Waals surface area contributed by atoms with E-state index in [0.717, 1.165) is 25.9 Å². The standard InChI is InChI=1S/C12H22N2O3/c1-3-13(4-2)9-11(15)14-8-6-5-7-10(14)12(16)17/h10H,3-9H2,1-2H3,(H,16,17). The van der Waals surface area contributed by atoms with Gasteiger partial charge in [-0.05, 0) is 32.4 Å². The van der Waals surface area contributed by atoms with Crippen molar-refractivity contribution in [3.63, 3.8) is 0 Å². The number of nitrogens with zero attached hydrogens (tertiary/aromatic N) is 2. The van der Waals surface area contributed by atoms with Gasteiger partial charge in [-0.3, -0.25) is 9.69 Å². The minimum Gasteiger partial charge on any atom is -0.480 e. The number of carboxylic acid groups (broad SMARTS) is 1. The van der Waals surface area contributed by atoms with Crippen LogP contribution in [0.3, 0.4) is 0 Å². The Morgan fingerprint density at radius 1 is 1.29 bits per heavy atom. The summed E-state index contributed by atoms with van der Waals surface area (Å²) in [5, 5.41) is 9.10. The first kappa shape index (κ1) is 14.0. The van der Waals surface area contributed by atoms with Crippen molar-refractivity contribution < 1.29 is 14.7 Å². The highest BCUT2D eigenvalue weighted by atomic mass is 16.4. The molecule has 1 atom stereocenters. The number of likely N-dealkylation sites (tertiary alicyclic amines) is 1. The van der Waals surface area contributed by atoms with E-state index in [1.807, 2.05) is 18.7 Å². The van der Waals surface area contributed by atoms with Crippen LogP contribution in [0, 0.1) is 0 Å². The summed E-state index contributed by atoms with van der Waals surface area (Å²) in [6, 6.07) is -0.619. The summed E-state index contributed by atoms with van der Waals surface area (Å²) in [5.74, 6) is -0.932. The van der Waals surface area contributed by atoms with Gasteiger partial charge in [-0.1, -0.05) is 13.8 Å². The van der Waals surface area contributed by atoms with E-state index in [1.54, 1.807) is 0 Å². The van der Waals surface area contributed by atoms with E-state index >= 15 is 0 Å². The molecule has 5 heteroatoms. The van der Waals surface area contributed by atoms with Crippen molar-refractivity contribution in [3.05, 3.63) is 0 Å². The van der Waals surface area contributed by atoms with Gasteiger partial charge in [0, 0.05) is 6.54 Å². The van der Waals surface area contributed by atoms with Crippen molar-refractivity contribution in [2.75, 3.05) is 26.2 Å². The van der Waals surface area contributed by atoms with Gasteiger partial charge >= 0.3 is 5.97 Å². The van der Waals surface area contributed by atoms with Crippen LogP contribution in [0.25, 0.3) is 0 Å². The normalized spacial score (nSPS) is 20.6. The predicted octanol–water partition coefficient (Wildman–Crippen LogP) is 0.794. The van der Waals surface area contributed by atoms with Crippen LogP contribution in [0.2, 0.25) is 0 Å². The molecule has 0 bridgehead atoms. The third-order valence-corrected chi connectivity index (χ3v) is 3.36. The Balaban J connectivity index is 2.61. The Bertz CT molecular complexity index is 277. The third kappa shape index (κ3) is 3.70. The maximum absolute atomic E-state index is 12.1. The number of amides is 1. The molecule has 1 rings (SSSR count). The molecule has 1 saturated heterocycles. The van der Waals surface area contributed by atoms with Gasteiger partial charge in [-0.25, -0.2) is 4.79 Å². The summed E-state index contributed by atoms with van der Waals surface area (Å²) in [7, 11) is 0. The maximum Gasteiger partial charge on any atom is 0.326 e. The van der Waals surface area contributed by atoms with Crippen molar-refractivity contribution >= 4 is 11.9 Å². The van der Waals surface area contributed by atoms with Gasteiger partial charge in [0.2, 0.25) is 5.91 Å². The number of carboxylic acids is 1. The minimum atomic E-state index is -0.877. The summed E-state index contributed by atoms with van der Waals surface area (Å²) in [4.78, 5) is 26.7. The lowest BCUT2D eigenvalue weighted by atomic mass is 10.0. The molecule has 0 spiro atoms. The summed E-state index contributed by atoms with van der Waals surface area (Å²) < 4.78 is 0. The Hall–Kier alpha value is -1.10. The molecule has 0 radical (unpaired) electrons. The molecule has 5 nitrogen and oxygen atoms in total. The zero-order chi connectivity index (χ0) is 12.8. The fraction of sp³-hybridized carbons (Fsp3) is 0.833. The maximum atomic E-state index is 12.1. The molecule has 0 aromatic heterocycles. The molecule has 0 saturated carbocycles. The van der Waals surface area contributed by atoms with Crippen molar-refractivity contribution in [2.24, 2.45) is 0 Å². The third-order valence-electron chi connectivity index (χ3n) is 3.36. The fourth-order valence-electron chi connectivity index (χ4n) is 2.22. The van der Waals surface area contributed by atoms with Crippen molar-refractivity contribution in [1.82, 2.24) is 9.80 Å². The number of piperidine rings is 1. The van der Waals surface area contributed by atoms with E-state index in [0.29, 0.717) is 19.5 Å². The zero-order valence-electron chi connectivity index (χ0n) is 10.7. The van der Waals surface area contributed by atoms with Gasteiger partial charge in [0.25, 0.3) is 0 Å². The van der Waals surface area contributed by atoms with Gasteiger partial charge < -0.3 is 10.0 Å². The molecule has 1 amide bonds. The molecular formula is C12H22N2O3. The first-order valence-electron chi connectivity index (χ1n) is 6.34. The molecule has 1 aliphatic rings. The number of carbonyl (C=O) groups excluding carboxylic acids is 1. The molecule has 1 unspecified atom stereocenters. The first-order chi connectivity index (χ1) is 8.10. The van der Waals surface area contributed by atoms with Gasteiger partial charge in [-0.15, -0.1) is 0 Å². The molecular weight excluding hydrogens is 220 g/mol. The lowest BCUT2D eigenvalue weighted by Crippen LogP contribution is -2.51. The van der Waals surface area contributed by atoms with Crippen LogP contribution in [-0.4, -0.2) is 59.0 Å². The number of likely N-dealkylation sites (N-methyl/N-ethyl adjacent to an activating group) is 1. The lowest BCUT2D eigenvalue weighted by molar-refractivity contribution is -0.152. The Kier molecular flexibility index (Phi) is 5.41. The second-order valence-corrected chi connectivity index (χ2v) is 4.40. The van der Waals surface area contributed by atoms with E-state index in [4.69, 9.17) is 5.11 Å². The smallest absolute Gasteiger partial charge is 0.326 e. The molecule has 0 aliphatic carbocycles. The van der Waals surface area contributed by atoms with Crippen LogP contribution in [0.5, 0.6) is 0 Å². The largest absolute Gasteiger partial charge is 0.480 e. The van der Waals surface area contributed by atoms with E-state index < -0.39 is 12.0 Å². The second-order valence-electron chi connectivity index (χ2n) is 4.40. The predicted molar refractivity (Wildman–Crippen MR) is 64.8 cm³/mol. The summed E-state index contributed by atoms with van der Waals surface area (Å²) >= 11 is 0. The van der Waals surface area contributed by atoms with E-state index in [2.05, 4.69) is 0 Å². The van der Waals surface area contributed by atoms with E-state index in [-0.39, 0.29) is 5.91 Å².